The van der Waals surface area contributed by atoms with Gasteiger partial charge < -0.3 is 20.4 Å². The Kier molecular flexibility index (Phi) is 5.46. The number of hydrogen-bond donors (Lipinski definition) is 3. The topological polar surface area (TPSA) is 83.4 Å². The van der Waals surface area contributed by atoms with E-state index in [4.69, 9.17) is 4.42 Å². The third-order valence-corrected chi connectivity index (χ3v) is 3.58. The van der Waals surface area contributed by atoms with Crippen LogP contribution in [0.5, 0.6) is 0 Å². The molecule has 8 heteroatoms. The quantitative estimate of drug-likeness (QED) is 0.631. The van der Waals surface area contributed by atoms with Crippen LogP contribution in [-0.4, -0.2) is 11.9 Å². The summed E-state index contributed by atoms with van der Waals surface area (Å²) in [5, 5.41) is 7.71. The molecule has 3 amide bonds. The molecule has 0 radical (unpaired) electrons. The zero-order valence-corrected chi connectivity index (χ0v) is 14.0. The van der Waals surface area contributed by atoms with E-state index in [0.29, 0.717) is 17.1 Å². The molecule has 0 atom stereocenters. The smallest absolute Gasteiger partial charge is 0.319 e. The van der Waals surface area contributed by atoms with Crippen LogP contribution in [0.15, 0.2) is 65.3 Å². The Morgan fingerprint density at radius 1 is 0.926 bits per heavy atom. The summed E-state index contributed by atoms with van der Waals surface area (Å²) in [7, 11) is 0. The van der Waals surface area contributed by atoms with Gasteiger partial charge in [-0.05, 0) is 54.6 Å². The minimum atomic E-state index is -0.819. The number of halogens is 2. The molecule has 3 rings (SSSR count). The van der Waals surface area contributed by atoms with Crippen LogP contribution in [0.1, 0.15) is 16.1 Å². The van der Waals surface area contributed by atoms with E-state index in [9.17, 15) is 18.4 Å². The van der Waals surface area contributed by atoms with Gasteiger partial charge in [0, 0.05) is 11.4 Å². The molecule has 0 saturated carbocycles. The maximum absolute atomic E-state index is 13.6. The van der Waals surface area contributed by atoms with E-state index < -0.39 is 29.1 Å². The third-order valence-electron chi connectivity index (χ3n) is 3.58. The minimum Gasteiger partial charge on any atom is -0.467 e. The average Bonchev–Trinajstić information content (AvgIpc) is 3.17. The summed E-state index contributed by atoms with van der Waals surface area (Å²) in [6.45, 7) is 0.242. The van der Waals surface area contributed by atoms with Crippen molar-refractivity contribution < 1.29 is 22.8 Å². The van der Waals surface area contributed by atoms with Crippen LogP contribution in [0.3, 0.4) is 0 Å². The molecule has 3 aromatic rings. The summed E-state index contributed by atoms with van der Waals surface area (Å²) in [5.41, 5.74) is 0.460. The highest BCUT2D eigenvalue weighted by molar-refractivity contribution is 6.04. The maximum atomic E-state index is 13.6. The van der Waals surface area contributed by atoms with Crippen molar-refractivity contribution in [2.45, 2.75) is 6.54 Å². The zero-order chi connectivity index (χ0) is 19.2. The van der Waals surface area contributed by atoms with E-state index in [1.807, 2.05) is 0 Å². The van der Waals surface area contributed by atoms with Gasteiger partial charge in [0.25, 0.3) is 5.91 Å². The van der Waals surface area contributed by atoms with Crippen LogP contribution in [-0.2, 0) is 6.54 Å². The number of hydrogen-bond acceptors (Lipinski definition) is 3. The molecule has 3 N–H and O–H groups in total. The molecule has 0 saturated heterocycles. The van der Waals surface area contributed by atoms with E-state index in [2.05, 4.69) is 16.0 Å². The van der Waals surface area contributed by atoms with E-state index >= 15 is 0 Å². The lowest BCUT2D eigenvalue weighted by atomic mass is 10.2. The Morgan fingerprint density at radius 3 is 2.30 bits per heavy atom. The van der Waals surface area contributed by atoms with E-state index in [1.165, 1.54) is 18.4 Å². The number of furan rings is 1. The molecule has 6 nitrogen and oxygen atoms in total. The van der Waals surface area contributed by atoms with Crippen LogP contribution in [0, 0.1) is 11.6 Å². The highest BCUT2D eigenvalue weighted by Gasteiger charge is 2.13. The summed E-state index contributed by atoms with van der Waals surface area (Å²) in [6.07, 6.45) is 1.51. The molecule has 0 aliphatic carbocycles. The molecule has 0 fully saturated rings. The average molecular weight is 371 g/mol. The summed E-state index contributed by atoms with van der Waals surface area (Å²) in [6, 6.07) is 11.8. The number of benzene rings is 2. The summed E-state index contributed by atoms with van der Waals surface area (Å²) in [5.74, 6) is -1.68. The molecule has 0 unspecified atom stereocenters. The largest absolute Gasteiger partial charge is 0.467 e. The van der Waals surface area contributed by atoms with Gasteiger partial charge in [-0.15, -0.1) is 0 Å². The molecule has 2 aromatic carbocycles. The lowest BCUT2D eigenvalue weighted by molar-refractivity contribution is 0.102. The fourth-order valence-electron chi connectivity index (χ4n) is 2.26. The highest BCUT2D eigenvalue weighted by Crippen LogP contribution is 2.16. The molecule has 0 aliphatic rings. The van der Waals surface area contributed by atoms with Gasteiger partial charge in [0.1, 0.15) is 17.4 Å². The Balaban J connectivity index is 1.56. The van der Waals surface area contributed by atoms with Crippen LogP contribution in [0.2, 0.25) is 0 Å². The summed E-state index contributed by atoms with van der Waals surface area (Å²) >= 11 is 0. The lowest BCUT2D eigenvalue weighted by Crippen LogP contribution is -2.27. The van der Waals surface area contributed by atoms with Crippen LogP contribution >= 0.6 is 0 Å². The molecule has 1 aromatic heterocycles. The molecule has 0 bridgehead atoms. The Labute approximate surface area is 153 Å². The van der Waals surface area contributed by atoms with Crippen LogP contribution in [0.25, 0.3) is 0 Å². The first-order valence-corrected chi connectivity index (χ1v) is 7.95. The molecule has 27 heavy (non-hydrogen) atoms. The SMILES string of the molecule is O=C(NCc1ccco1)Nc1ccc(NC(=O)c2cc(F)ccc2F)cc1. The second-order valence-electron chi connectivity index (χ2n) is 5.54. The molecule has 0 spiro atoms. The van der Waals surface area contributed by atoms with Gasteiger partial charge in [-0.1, -0.05) is 0 Å². The predicted octanol–water partition coefficient (Wildman–Crippen LogP) is 4.13. The number of carbonyl (C=O) groups excluding carboxylic acids is 2. The van der Waals surface area contributed by atoms with Crippen molar-refractivity contribution in [3.63, 3.8) is 0 Å². The van der Waals surface area contributed by atoms with Crippen molar-refractivity contribution in [1.82, 2.24) is 5.32 Å². The fraction of sp³-hybridized carbons (Fsp3) is 0.0526. The third kappa shape index (κ3) is 4.91. The van der Waals surface area contributed by atoms with Crippen molar-refractivity contribution in [2.24, 2.45) is 0 Å². The van der Waals surface area contributed by atoms with Crippen molar-refractivity contribution in [1.29, 1.82) is 0 Å². The molecule has 1 heterocycles. The van der Waals surface area contributed by atoms with Gasteiger partial charge in [0.2, 0.25) is 0 Å². The standard InChI is InChI=1S/C19H15F2N3O3/c20-12-3-8-17(21)16(10-12)18(25)23-13-4-6-14(7-5-13)24-19(26)22-11-15-2-1-9-27-15/h1-10H,11H2,(H,23,25)(H2,22,24,26). The number of anilines is 2. The number of carbonyl (C=O) groups is 2. The first-order chi connectivity index (χ1) is 13.0. The Morgan fingerprint density at radius 2 is 1.63 bits per heavy atom. The van der Waals surface area contributed by atoms with Crippen molar-refractivity contribution in [3.05, 3.63) is 83.8 Å². The van der Waals surface area contributed by atoms with E-state index in [1.54, 1.807) is 24.3 Å². The Hall–Kier alpha value is -3.68. The second kappa shape index (κ2) is 8.13. The number of urea groups is 1. The minimum absolute atomic E-state index is 0.242. The first kappa shape index (κ1) is 18.1. The van der Waals surface area contributed by atoms with Gasteiger partial charge in [0.15, 0.2) is 0 Å². The van der Waals surface area contributed by atoms with Gasteiger partial charge in [-0.2, -0.15) is 0 Å². The number of amides is 3. The normalized spacial score (nSPS) is 10.3. The second-order valence-corrected chi connectivity index (χ2v) is 5.54. The number of nitrogens with one attached hydrogen (secondary N) is 3. The van der Waals surface area contributed by atoms with Gasteiger partial charge >= 0.3 is 6.03 Å². The Bertz CT molecular complexity index is 941. The van der Waals surface area contributed by atoms with Crippen molar-refractivity contribution in [3.8, 4) is 0 Å². The van der Waals surface area contributed by atoms with Gasteiger partial charge in [0.05, 0.1) is 18.4 Å². The fourth-order valence-corrected chi connectivity index (χ4v) is 2.26. The van der Waals surface area contributed by atoms with E-state index in [0.717, 1.165) is 18.2 Å². The van der Waals surface area contributed by atoms with Gasteiger partial charge in [-0.25, -0.2) is 13.6 Å². The monoisotopic (exact) mass is 371 g/mol. The summed E-state index contributed by atoms with van der Waals surface area (Å²) < 4.78 is 31.9. The van der Waals surface area contributed by atoms with E-state index in [-0.39, 0.29) is 6.54 Å². The van der Waals surface area contributed by atoms with Crippen molar-refractivity contribution in [2.75, 3.05) is 10.6 Å². The predicted molar refractivity (Wildman–Crippen MR) is 95.3 cm³/mol. The zero-order valence-electron chi connectivity index (χ0n) is 14.0. The highest BCUT2D eigenvalue weighted by atomic mass is 19.1. The van der Waals surface area contributed by atoms with Crippen LogP contribution < -0.4 is 16.0 Å². The maximum Gasteiger partial charge on any atom is 0.319 e. The van der Waals surface area contributed by atoms with Crippen LogP contribution in [0.4, 0.5) is 25.0 Å². The molecular formula is C19H15F2N3O3. The van der Waals surface area contributed by atoms with Crippen molar-refractivity contribution >= 4 is 23.3 Å². The molecular weight excluding hydrogens is 356 g/mol. The number of rotatable bonds is 5. The first-order valence-electron chi connectivity index (χ1n) is 7.95. The molecule has 0 aliphatic heterocycles. The van der Waals surface area contributed by atoms with Gasteiger partial charge in [-0.3, -0.25) is 4.79 Å². The summed E-state index contributed by atoms with van der Waals surface area (Å²) in [4.78, 5) is 23.9. The molecule has 138 valence electrons. The lowest BCUT2D eigenvalue weighted by Gasteiger charge is -2.09.